The number of rotatable bonds is 11. The summed E-state index contributed by atoms with van der Waals surface area (Å²) in [5, 5.41) is 28.8. The van der Waals surface area contributed by atoms with E-state index >= 15 is 0 Å². The standard InChI is InChI=1S/C18H32O4/c1-2-3-7-10-14-15(17(20)13-16(14)19)11-8-5-4-6-9-12-18(21)22/h3,7,14-17,19-20H,2,4-6,8-13H2,1H3,(H,21,22). The van der Waals surface area contributed by atoms with E-state index in [4.69, 9.17) is 5.11 Å². The van der Waals surface area contributed by atoms with Gasteiger partial charge in [-0.25, -0.2) is 0 Å². The number of carboxylic acids is 1. The highest BCUT2D eigenvalue weighted by atomic mass is 16.4. The Kier molecular flexibility index (Phi) is 9.41. The smallest absolute Gasteiger partial charge is 0.303 e. The molecule has 1 aliphatic rings. The molecule has 0 spiro atoms. The number of hydrogen-bond acceptors (Lipinski definition) is 3. The Hall–Kier alpha value is -0.870. The van der Waals surface area contributed by atoms with Gasteiger partial charge in [0.1, 0.15) is 0 Å². The minimum absolute atomic E-state index is 0.185. The molecule has 1 fully saturated rings. The van der Waals surface area contributed by atoms with Crippen LogP contribution in [0.15, 0.2) is 12.2 Å². The lowest BCUT2D eigenvalue weighted by Crippen LogP contribution is -2.21. The number of allylic oxidation sites excluding steroid dienone is 2. The number of unbranched alkanes of at least 4 members (excludes halogenated alkanes) is 4. The molecular weight excluding hydrogens is 280 g/mol. The van der Waals surface area contributed by atoms with Gasteiger partial charge >= 0.3 is 5.97 Å². The van der Waals surface area contributed by atoms with Gasteiger partial charge in [-0.3, -0.25) is 4.79 Å². The molecule has 22 heavy (non-hydrogen) atoms. The zero-order valence-corrected chi connectivity index (χ0v) is 13.8. The lowest BCUT2D eigenvalue weighted by atomic mass is 9.86. The van der Waals surface area contributed by atoms with Crippen molar-refractivity contribution in [2.75, 3.05) is 0 Å². The molecule has 0 aliphatic heterocycles. The van der Waals surface area contributed by atoms with E-state index in [1.54, 1.807) is 0 Å². The second kappa shape index (κ2) is 10.8. The molecule has 1 saturated carbocycles. The fourth-order valence-corrected chi connectivity index (χ4v) is 3.51. The number of aliphatic hydroxyl groups is 2. The topological polar surface area (TPSA) is 77.8 Å². The zero-order valence-electron chi connectivity index (χ0n) is 13.8. The Bertz CT molecular complexity index is 340. The third-order valence-corrected chi connectivity index (χ3v) is 4.76. The molecule has 4 unspecified atom stereocenters. The van der Waals surface area contributed by atoms with E-state index in [-0.39, 0.29) is 30.5 Å². The summed E-state index contributed by atoms with van der Waals surface area (Å²) in [5.74, 6) is -0.327. The van der Waals surface area contributed by atoms with Gasteiger partial charge in [-0.2, -0.15) is 0 Å². The molecular formula is C18H32O4. The Labute approximate surface area is 134 Å². The number of aliphatic carboxylic acids is 1. The molecule has 3 N–H and O–H groups in total. The highest BCUT2D eigenvalue weighted by Gasteiger charge is 2.40. The molecule has 4 heteroatoms. The summed E-state index contributed by atoms with van der Waals surface area (Å²) in [6, 6.07) is 0. The monoisotopic (exact) mass is 312 g/mol. The summed E-state index contributed by atoms with van der Waals surface area (Å²) in [5.41, 5.74) is 0. The van der Waals surface area contributed by atoms with Crippen LogP contribution in [0.2, 0.25) is 0 Å². The van der Waals surface area contributed by atoms with Gasteiger partial charge in [0, 0.05) is 6.42 Å². The average Bonchev–Trinajstić information content (AvgIpc) is 2.72. The predicted molar refractivity (Wildman–Crippen MR) is 87.6 cm³/mol. The van der Waals surface area contributed by atoms with Crippen LogP contribution in [-0.4, -0.2) is 33.5 Å². The lowest BCUT2D eigenvalue weighted by Gasteiger charge is -2.22. The van der Waals surface area contributed by atoms with Gasteiger partial charge in [0.2, 0.25) is 0 Å². The van der Waals surface area contributed by atoms with Crippen molar-refractivity contribution in [1.82, 2.24) is 0 Å². The molecule has 0 heterocycles. The first-order chi connectivity index (χ1) is 10.6. The van der Waals surface area contributed by atoms with Crippen LogP contribution in [0.5, 0.6) is 0 Å². The van der Waals surface area contributed by atoms with Crippen molar-refractivity contribution in [3.63, 3.8) is 0 Å². The molecule has 4 nitrogen and oxygen atoms in total. The second-order valence-corrected chi connectivity index (χ2v) is 6.51. The Morgan fingerprint density at radius 2 is 1.64 bits per heavy atom. The molecule has 0 bridgehead atoms. The summed E-state index contributed by atoms with van der Waals surface area (Å²) in [4.78, 5) is 10.4. The number of carbonyl (C=O) groups is 1. The maximum absolute atomic E-state index is 10.4. The fourth-order valence-electron chi connectivity index (χ4n) is 3.51. The van der Waals surface area contributed by atoms with Crippen LogP contribution in [0.4, 0.5) is 0 Å². The van der Waals surface area contributed by atoms with E-state index in [0.717, 1.165) is 51.4 Å². The van der Waals surface area contributed by atoms with E-state index in [1.807, 2.05) is 0 Å². The van der Waals surface area contributed by atoms with Gasteiger partial charge in [0.05, 0.1) is 12.2 Å². The molecule has 1 aliphatic carbocycles. The largest absolute Gasteiger partial charge is 0.481 e. The average molecular weight is 312 g/mol. The SMILES string of the molecule is CCC=CCC1C(O)CC(O)C1CCCCCCCC(=O)O. The molecule has 0 saturated heterocycles. The van der Waals surface area contributed by atoms with Crippen molar-refractivity contribution >= 4 is 5.97 Å². The van der Waals surface area contributed by atoms with Crippen molar-refractivity contribution in [3.05, 3.63) is 12.2 Å². The fraction of sp³-hybridized carbons (Fsp3) is 0.833. The van der Waals surface area contributed by atoms with Crippen LogP contribution in [-0.2, 0) is 4.79 Å². The third-order valence-electron chi connectivity index (χ3n) is 4.76. The number of aliphatic hydroxyl groups excluding tert-OH is 2. The number of hydrogen-bond donors (Lipinski definition) is 3. The van der Waals surface area contributed by atoms with Crippen LogP contribution in [0, 0.1) is 11.8 Å². The zero-order chi connectivity index (χ0) is 16.4. The molecule has 0 radical (unpaired) electrons. The van der Waals surface area contributed by atoms with E-state index < -0.39 is 5.97 Å². The third kappa shape index (κ3) is 6.93. The highest BCUT2D eigenvalue weighted by molar-refractivity contribution is 5.66. The summed E-state index contributed by atoms with van der Waals surface area (Å²) in [7, 11) is 0. The summed E-state index contributed by atoms with van der Waals surface area (Å²) in [6.07, 6.45) is 12.0. The molecule has 1 rings (SSSR count). The van der Waals surface area contributed by atoms with Crippen molar-refractivity contribution in [2.24, 2.45) is 11.8 Å². The predicted octanol–water partition coefficient (Wildman–Crippen LogP) is 3.52. The first-order valence-electron chi connectivity index (χ1n) is 8.79. The van der Waals surface area contributed by atoms with Crippen LogP contribution < -0.4 is 0 Å². The van der Waals surface area contributed by atoms with Crippen LogP contribution in [0.25, 0.3) is 0 Å². The first-order valence-corrected chi connectivity index (χ1v) is 8.79. The van der Waals surface area contributed by atoms with Crippen LogP contribution in [0.1, 0.15) is 71.1 Å². The minimum atomic E-state index is -0.717. The normalized spacial score (nSPS) is 28.5. The van der Waals surface area contributed by atoms with Crippen molar-refractivity contribution in [2.45, 2.75) is 83.3 Å². The van der Waals surface area contributed by atoms with Gasteiger partial charge in [0.15, 0.2) is 0 Å². The summed E-state index contributed by atoms with van der Waals surface area (Å²) in [6.45, 7) is 2.10. The van der Waals surface area contributed by atoms with E-state index in [1.165, 1.54) is 0 Å². The van der Waals surface area contributed by atoms with Gasteiger partial charge in [-0.15, -0.1) is 0 Å². The van der Waals surface area contributed by atoms with Crippen molar-refractivity contribution < 1.29 is 20.1 Å². The van der Waals surface area contributed by atoms with E-state index in [2.05, 4.69) is 19.1 Å². The Balaban J connectivity index is 2.23. The van der Waals surface area contributed by atoms with E-state index in [0.29, 0.717) is 6.42 Å². The summed E-state index contributed by atoms with van der Waals surface area (Å²) >= 11 is 0. The maximum atomic E-state index is 10.4. The van der Waals surface area contributed by atoms with Crippen LogP contribution in [0.3, 0.4) is 0 Å². The van der Waals surface area contributed by atoms with Crippen molar-refractivity contribution in [3.8, 4) is 0 Å². The second-order valence-electron chi connectivity index (χ2n) is 6.51. The van der Waals surface area contributed by atoms with Crippen molar-refractivity contribution in [1.29, 1.82) is 0 Å². The minimum Gasteiger partial charge on any atom is -0.481 e. The molecule has 0 aromatic carbocycles. The Morgan fingerprint density at radius 1 is 1.00 bits per heavy atom. The lowest BCUT2D eigenvalue weighted by molar-refractivity contribution is -0.137. The van der Waals surface area contributed by atoms with Gasteiger partial charge in [-0.1, -0.05) is 44.8 Å². The van der Waals surface area contributed by atoms with Gasteiger partial charge < -0.3 is 15.3 Å². The molecule has 0 amide bonds. The van der Waals surface area contributed by atoms with E-state index in [9.17, 15) is 15.0 Å². The summed E-state index contributed by atoms with van der Waals surface area (Å²) < 4.78 is 0. The molecule has 128 valence electrons. The molecule has 4 atom stereocenters. The molecule has 0 aromatic rings. The number of carboxylic acid groups (broad SMARTS) is 1. The quantitative estimate of drug-likeness (QED) is 0.403. The van der Waals surface area contributed by atoms with Gasteiger partial charge in [0.25, 0.3) is 0 Å². The van der Waals surface area contributed by atoms with Crippen LogP contribution >= 0.6 is 0 Å². The molecule has 0 aromatic heterocycles. The Morgan fingerprint density at radius 3 is 2.32 bits per heavy atom. The maximum Gasteiger partial charge on any atom is 0.303 e. The van der Waals surface area contributed by atoms with Gasteiger partial charge in [-0.05, 0) is 43.9 Å². The highest BCUT2D eigenvalue weighted by Crippen LogP contribution is 2.38. The first kappa shape index (κ1) is 19.2.